The van der Waals surface area contributed by atoms with E-state index in [4.69, 9.17) is 0 Å². The fourth-order valence-corrected chi connectivity index (χ4v) is 0.942. The molecule has 1 aromatic heterocycles. The van der Waals surface area contributed by atoms with Crippen molar-refractivity contribution in [1.29, 1.82) is 0 Å². The van der Waals surface area contributed by atoms with Crippen molar-refractivity contribution in [3.05, 3.63) is 11.8 Å². The first kappa shape index (κ1) is 11.4. The predicted octanol–water partition coefficient (Wildman–Crippen LogP) is 1.89. The molecule has 1 aromatic rings. The smallest absolute Gasteiger partial charge is 0.434 e. The van der Waals surface area contributed by atoms with Gasteiger partial charge < -0.3 is 9.47 Å². The molecule has 0 unspecified atom stereocenters. The Balaban J connectivity index is 2.79. The van der Waals surface area contributed by atoms with Crippen LogP contribution in [-0.2, 0) is 11.8 Å². The highest BCUT2D eigenvalue weighted by atomic mass is 19.3. The van der Waals surface area contributed by atoms with Gasteiger partial charge in [-0.05, 0) is 6.92 Å². The Bertz CT molecular complexity index is 352. The Hall–Kier alpha value is -1.66. The third kappa shape index (κ3) is 2.90. The van der Waals surface area contributed by atoms with Gasteiger partial charge in [0.15, 0.2) is 0 Å². The molecular formula is C8H10F2N2O3. The third-order valence-electron chi connectivity index (χ3n) is 1.50. The van der Waals surface area contributed by atoms with Crippen LogP contribution in [0.3, 0.4) is 0 Å². The van der Waals surface area contributed by atoms with Gasteiger partial charge in [-0.15, -0.1) is 5.10 Å². The molecule has 0 aliphatic carbocycles. The molecule has 0 radical (unpaired) electrons. The Morgan fingerprint density at radius 3 is 2.87 bits per heavy atom. The van der Waals surface area contributed by atoms with Crippen molar-refractivity contribution in [1.82, 2.24) is 9.78 Å². The molecule has 0 N–H and O–H groups in total. The Labute approximate surface area is 84.6 Å². The second kappa shape index (κ2) is 4.72. The number of rotatable bonds is 3. The van der Waals surface area contributed by atoms with E-state index in [9.17, 15) is 13.6 Å². The highest BCUT2D eigenvalue weighted by molar-refractivity contribution is 5.63. The van der Waals surface area contributed by atoms with Crippen LogP contribution in [0.2, 0.25) is 0 Å². The average Bonchev–Trinajstić information content (AvgIpc) is 2.47. The number of hydrogen-bond donors (Lipinski definition) is 0. The van der Waals surface area contributed by atoms with E-state index in [-0.39, 0.29) is 6.61 Å². The molecule has 84 valence electrons. The fraction of sp³-hybridized carbons (Fsp3) is 0.500. The molecule has 0 atom stereocenters. The second-order valence-electron chi connectivity index (χ2n) is 2.65. The highest BCUT2D eigenvalue weighted by Crippen LogP contribution is 2.27. The zero-order valence-electron chi connectivity index (χ0n) is 8.24. The van der Waals surface area contributed by atoms with E-state index in [1.165, 1.54) is 7.05 Å². The Morgan fingerprint density at radius 2 is 2.33 bits per heavy atom. The van der Waals surface area contributed by atoms with Crippen LogP contribution in [0.1, 0.15) is 18.9 Å². The second-order valence-corrected chi connectivity index (χ2v) is 2.65. The highest BCUT2D eigenvalue weighted by Gasteiger charge is 2.21. The lowest BCUT2D eigenvalue weighted by atomic mass is 10.4. The van der Waals surface area contributed by atoms with Crippen LogP contribution in [0.4, 0.5) is 13.6 Å². The lowest BCUT2D eigenvalue weighted by molar-refractivity contribution is 0.0984. The minimum atomic E-state index is -2.75. The van der Waals surface area contributed by atoms with Crippen LogP contribution in [0.5, 0.6) is 5.88 Å². The maximum Gasteiger partial charge on any atom is 0.515 e. The topological polar surface area (TPSA) is 53.4 Å². The van der Waals surface area contributed by atoms with Gasteiger partial charge in [0.2, 0.25) is 0 Å². The van der Waals surface area contributed by atoms with E-state index in [0.29, 0.717) is 0 Å². The summed E-state index contributed by atoms with van der Waals surface area (Å²) < 4.78 is 34.8. The zero-order chi connectivity index (χ0) is 11.4. The third-order valence-corrected chi connectivity index (χ3v) is 1.50. The van der Waals surface area contributed by atoms with Crippen LogP contribution in [0.15, 0.2) is 6.20 Å². The molecule has 1 heterocycles. The van der Waals surface area contributed by atoms with Crippen molar-refractivity contribution in [3.8, 4) is 5.88 Å². The van der Waals surface area contributed by atoms with Gasteiger partial charge in [0.25, 0.3) is 12.3 Å². The summed E-state index contributed by atoms with van der Waals surface area (Å²) in [6.07, 6.45) is -2.71. The summed E-state index contributed by atoms with van der Waals surface area (Å²) in [6.45, 7) is 1.68. The molecule has 15 heavy (non-hydrogen) atoms. The van der Waals surface area contributed by atoms with Crippen molar-refractivity contribution < 1.29 is 23.0 Å². The van der Waals surface area contributed by atoms with Gasteiger partial charge in [0.05, 0.1) is 12.2 Å². The van der Waals surface area contributed by atoms with E-state index < -0.39 is 24.0 Å². The summed E-state index contributed by atoms with van der Waals surface area (Å²) in [6, 6.07) is 0. The van der Waals surface area contributed by atoms with Gasteiger partial charge in [-0.25, -0.2) is 13.6 Å². The van der Waals surface area contributed by atoms with Gasteiger partial charge in [-0.3, -0.25) is 4.68 Å². The van der Waals surface area contributed by atoms with Crippen LogP contribution >= 0.6 is 0 Å². The minimum Gasteiger partial charge on any atom is -0.434 e. The van der Waals surface area contributed by atoms with Crippen LogP contribution in [0.25, 0.3) is 0 Å². The SMILES string of the molecule is CCOC(=O)Oc1nn(C)cc1C(F)F. The van der Waals surface area contributed by atoms with E-state index in [2.05, 4.69) is 14.6 Å². The van der Waals surface area contributed by atoms with Crippen LogP contribution in [0, 0.1) is 0 Å². The van der Waals surface area contributed by atoms with Crippen molar-refractivity contribution in [2.45, 2.75) is 13.3 Å². The van der Waals surface area contributed by atoms with E-state index in [1.807, 2.05) is 0 Å². The maximum atomic E-state index is 12.4. The summed E-state index contributed by atoms with van der Waals surface area (Å²) in [5, 5.41) is 3.57. The van der Waals surface area contributed by atoms with Gasteiger partial charge in [-0.1, -0.05) is 0 Å². The minimum absolute atomic E-state index is 0.107. The number of carbonyl (C=O) groups excluding carboxylic acids is 1. The molecule has 0 bridgehead atoms. The lowest BCUT2D eigenvalue weighted by Crippen LogP contribution is -2.11. The molecule has 0 fully saturated rings. The molecule has 0 aliphatic heterocycles. The quantitative estimate of drug-likeness (QED) is 0.730. The standard InChI is InChI=1S/C8H10F2N2O3/c1-3-14-8(13)15-7-5(6(9)10)4-12(2)11-7/h4,6H,3H2,1-2H3. The number of carbonyl (C=O) groups is 1. The van der Waals surface area contributed by atoms with Gasteiger partial charge in [0.1, 0.15) is 0 Å². The monoisotopic (exact) mass is 220 g/mol. The van der Waals surface area contributed by atoms with Crippen molar-refractivity contribution in [2.24, 2.45) is 7.05 Å². The normalized spacial score (nSPS) is 10.5. The molecule has 7 heteroatoms. The van der Waals surface area contributed by atoms with E-state index in [0.717, 1.165) is 10.9 Å². The summed E-state index contributed by atoms with van der Waals surface area (Å²) in [5.41, 5.74) is -0.439. The number of ether oxygens (including phenoxy) is 2. The Kier molecular flexibility index (Phi) is 3.59. The van der Waals surface area contributed by atoms with Gasteiger partial charge in [-0.2, -0.15) is 0 Å². The number of aromatic nitrogens is 2. The number of alkyl halides is 2. The summed E-state index contributed by atoms with van der Waals surface area (Å²) in [4.78, 5) is 10.9. The molecule has 0 saturated carbocycles. The van der Waals surface area contributed by atoms with E-state index in [1.54, 1.807) is 6.92 Å². The maximum absolute atomic E-state index is 12.4. The molecule has 0 aromatic carbocycles. The molecule has 0 saturated heterocycles. The molecule has 0 aliphatic rings. The lowest BCUT2D eigenvalue weighted by Gasteiger charge is -2.02. The zero-order valence-corrected chi connectivity index (χ0v) is 8.24. The average molecular weight is 220 g/mol. The first-order valence-corrected chi connectivity index (χ1v) is 4.21. The number of halogens is 2. The summed E-state index contributed by atoms with van der Waals surface area (Å²) in [5.74, 6) is -0.425. The van der Waals surface area contributed by atoms with E-state index >= 15 is 0 Å². The van der Waals surface area contributed by atoms with Crippen molar-refractivity contribution in [3.63, 3.8) is 0 Å². The first-order chi connectivity index (χ1) is 7.04. The van der Waals surface area contributed by atoms with Gasteiger partial charge >= 0.3 is 6.16 Å². The largest absolute Gasteiger partial charge is 0.515 e. The molecule has 1 rings (SSSR count). The Morgan fingerprint density at radius 1 is 1.67 bits per heavy atom. The van der Waals surface area contributed by atoms with Crippen molar-refractivity contribution >= 4 is 6.16 Å². The summed E-state index contributed by atoms with van der Waals surface area (Å²) >= 11 is 0. The number of hydrogen-bond acceptors (Lipinski definition) is 4. The molecule has 0 spiro atoms. The summed E-state index contributed by atoms with van der Waals surface area (Å²) in [7, 11) is 1.45. The number of aryl methyl sites for hydroxylation is 1. The van der Waals surface area contributed by atoms with Crippen LogP contribution < -0.4 is 4.74 Å². The number of nitrogens with zero attached hydrogens (tertiary/aromatic N) is 2. The molecular weight excluding hydrogens is 210 g/mol. The van der Waals surface area contributed by atoms with Crippen LogP contribution in [-0.4, -0.2) is 22.5 Å². The predicted molar refractivity (Wildman–Crippen MR) is 45.8 cm³/mol. The first-order valence-electron chi connectivity index (χ1n) is 4.21. The van der Waals surface area contributed by atoms with Gasteiger partial charge in [0, 0.05) is 13.2 Å². The molecule has 0 amide bonds. The fourth-order valence-electron chi connectivity index (χ4n) is 0.942. The van der Waals surface area contributed by atoms with Crippen molar-refractivity contribution in [2.75, 3.05) is 6.61 Å². The molecule has 5 nitrogen and oxygen atoms in total.